The number of aromatic nitrogens is 3. The van der Waals surface area contributed by atoms with E-state index >= 15 is 0 Å². The number of carbonyl (C=O) groups excluding carboxylic acids is 1. The van der Waals surface area contributed by atoms with Gasteiger partial charge >= 0.3 is 11.2 Å². The van der Waals surface area contributed by atoms with Gasteiger partial charge in [-0.05, 0) is 67.1 Å². The van der Waals surface area contributed by atoms with E-state index in [1.807, 2.05) is 25.1 Å². The lowest BCUT2D eigenvalue weighted by molar-refractivity contribution is -0.114. The average Bonchev–Trinajstić information content (AvgIpc) is 3.25. The average molecular weight is 512 g/mol. The standard InChI is InChI=1S/C28H25N5O5/c1-16-4-10-23-22(12-16)25-26(31-23)27(35)33(28(36)32-25)29-14-18-5-11-24(37-3)19(13-18)15-38-21-8-6-20(7-9-21)30-17(2)34/h4-14,31H,15H2,1-3H3,(H,30,34)(H,32,36)/b29-14-. The van der Waals surface area contributed by atoms with E-state index in [0.717, 1.165) is 26.7 Å². The Morgan fingerprint density at radius 3 is 2.55 bits per heavy atom. The van der Waals surface area contributed by atoms with Gasteiger partial charge in [-0.3, -0.25) is 9.59 Å². The van der Waals surface area contributed by atoms with Crippen molar-refractivity contribution in [2.45, 2.75) is 20.5 Å². The van der Waals surface area contributed by atoms with Crippen molar-refractivity contribution >= 4 is 39.7 Å². The second-order valence-corrected chi connectivity index (χ2v) is 8.78. The van der Waals surface area contributed by atoms with E-state index in [1.54, 1.807) is 49.6 Å². The number of fused-ring (bicyclic) bond motifs is 3. The Morgan fingerprint density at radius 2 is 1.82 bits per heavy atom. The van der Waals surface area contributed by atoms with Crippen molar-refractivity contribution in [2.75, 3.05) is 12.4 Å². The number of H-pyrrole nitrogens is 2. The second-order valence-electron chi connectivity index (χ2n) is 8.78. The first-order chi connectivity index (χ1) is 18.3. The maximum atomic E-state index is 13.1. The van der Waals surface area contributed by atoms with Gasteiger partial charge in [0.05, 0.1) is 18.8 Å². The smallest absolute Gasteiger partial charge is 0.350 e. The maximum absolute atomic E-state index is 13.1. The molecule has 0 bridgehead atoms. The number of hydrogen-bond donors (Lipinski definition) is 3. The number of rotatable bonds is 7. The van der Waals surface area contributed by atoms with Crippen LogP contribution in [0.25, 0.3) is 21.9 Å². The molecule has 3 N–H and O–H groups in total. The Kier molecular flexibility index (Phi) is 6.53. The summed E-state index contributed by atoms with van der Waals surface area (Å²) < 4.78 is 12.1. The minimum Gasteiger partial charge on any atom is -0.496 e. The fourth-order valence-electron chi connectivity index (χ4n) is 4.17. The maximum Gasteiger partial charge on any atom is 0.350 e. The zero-order chi connectivity index (χ0) is 26.8. The van der Waals surface area contributed by atoms with Crippen LogP contribution in [-0.4, -0.2) is 33.9 Å². The molecule has 0 aliphatic rings. The molecule has 0 aliphatic carbocycles. The Morgan fingerprint density at radius 1 is 1.03 bits per heavy atom. The number of methoxy groups -OCH3 is 1. The van der Waals surface area contributed by atoms with Crippen LogP contribution < -0.4 is 26.0 Å². The molecular weight excluding hydrogens is 486 g/mol. The summed E-state index contributed by atoms with van der Waals surface area (Å²) in [6.07, 6.45) is 1.43. The Hall–Kier alpha value is -5.12. The molecule has 2 heterocycles. The van der Waals surface area contributed by atoms with Gasteiger partial charge in [0.1, 0.15) is 23.6 Å². The molecule has 0 saturated carbocycles. The monoisotopic (exact) mass is 511 g/mol. The zero-order valence-corrected chi connectivity index (χ0v) is 21.0. The lowest BCUT2D eigenvalue weighted by Crippen LogP contribution is -2.32. The van der Waals surface area contributed by atoms with E-state index in [0.29, 0.717) is 28.3 Å². The van der Waals surface area contributed by atoms with Gasteiger partial charge in [-0.1, -0.05) is 11.6 Å². The third kappa shape index (κ3) is 4.92. The highest BCUT2D eigenvalue weighted by Crippen LogP contribution is 2.24. The first kappa shape index (κ1) is 24.6. The molecule has 0 aliphatic heterocycles. The summed E-state index contributed by atoms with van der Waals surface area (Å²) in [6.45, 7) is 3.59. The summed E-state index contributed by atoms with van der Waals surface area (Å²) in [5.41, 5.74) is 3.37. The molecule has 38 heavy (non-hydrogen) atoms. The topological polar surface area (TPSA) is 131 Å². The van der Waals surface area contributed by atoms with Gasteiger partial charge < -0.3 is 24.8 Å². The van der Waals surface area contributed by atoms with Gasteiger partial charge in [0.2, 0.25) is 5.91 Å². The molecular formula is C28H25N5O5. The number of nitrogens with zero attached hydrogens (tertiary/aromatic N) is 2. The van der Waals surface area contributed by atoms with Crippen molar-refractivity contribution in [3.63, 3.8) is 0 Å². The molecule has 0 atom stereocenters. The van der Waals surface area contributed by atoms with Crippen LogP contribution >= 0.6 is 0 Å². The minimum absolute atomic E-state index is 0.150. The van der Waals surface area contributed by atoms with E-state index < -0.39 is 11.2 Å². The normalized spacial score (nSPS) is 11.3. The Bertz CT molecular complexity index is 1810. The van der Waals surface area contributed by atoms with Crippen LogP contribution in [0.5, 0.6) is 11.5 Å². The van der Waals surface area contributed by atoms with Gasteiger partial charge in [0.15, 0.2) is 0 Å². The van der Waals surface area contributed by atoms with Crippen molar-refractivity contribution < 1.29 is 14.3 Å². The first-order valence-electron chi connectivity index (χ1n) is 11.8. The van der Waals surface area contributed by atoms with Crippen LogP contribution in [0.3, 0.4) is 0 Å². The van der Waals surface area contributed by atoms with E-state index in [1.165, 1.54) is 13.1 Å². The number of amides is 1. The minimum atomic E-state index is -0.638. The number of anilines is 1. The number of carbonyl (C=O) groups is 1. The number of hydrogen-bond acceptors (Lipinski definition) is 6. The predicted molar refractivity (Wildman–Crippen MR) is 146 cm³/mol. The second kappa shape index (κ2) is 10.1. The summed E-state index contributed by atoms with van der Waals surface area (Å²) in [6, 6.07) is 18.0. The third-order valence-electron chi connectivity index (χ3n) is 5.98. The van der Waals surface area contributed by atoms with E-state index in [-0.39, 0.29) is 18.0 Å². The quantitative estimate of drug-likeness (QED) is 0.285. The van der Waals surface area contributed by atoms with Crippen molar-refractivity contribution in [3.8, 4) is 11.5 Å². The van der Waals surface area contributed by atoms with Crippen molar-refractivity contribution in [1.82, 2.24) is 14.6 Å². The molecule has 0 radical (unpaired) electrons. The molecule has 0 fully saturated rings. The lowest BCUT2D eigenvalue weighted by Gasteiger charge is -2.11. The van der Waals surface area contributed by atoms with Crippen LogP contribution in [-0.2, 0) is 11.4 Å². The summed E-state index contributed by atoms with van der Waals surface area (Å²) in [5, 5.41) is 7.64. The van der Waals surface area contributed by atoms with E-state index in [9.17, 15) is 14.4 Å². The van der Waals surface area contributed by atoms with E-state index in [4.69, 9.17) is 9.47 Å². The van der Waals surface area contributed by atoms with E-state index in [2.05, 4.69) is 20.4 Å². The molecule has 1 amide bonds. The molecule has 3 aromatic carbocycles. The van der Waals surface area contributed by atoms with Crippen molar-refractivity contribution in [1.29, 1.82) is 0 Å². The first-order valence-corrected chi connectivity index (χ1v) is 11.8. The largest absolute Gasteiger partial charge is 0.496 e. The number of ether oxygens (including phenoxy) is 2. The molecule has 192 valence electrons. The number of benzene rings is 3. The fraction of sp³-hybridized carbons (Fsp3) is 0.143. The van der Waals surface area contributed by atoms with Crippen LogP contribution in [0.2, 0.25) is 0 Å². The highest BCUT2D eigenvalue weighted by Gasteiger charge is 2.13. The van der Waals surface area contributed by atoms with Gasteiger partial charge in [-0.15, -0.1) is 4.68 Å². The molecule has 2 aromatic heterocycles. The highest BCUT2D eigenvalue weighted by molar-refractivity contribution is 6.04. The summed E-state index contributed by atoms with van der Waals surface area (Å²) in [5.74, 6) is 1.07. The van der Waals surface area contributed by atoms with Crippen LogP contribution in [0.1, 0.15) is 23.6 Å². The van der Waals surface area contributed by atoms with Gasteiger partial charge in [0, 0.05) is 29.1 Å². The molecule has 0 spiro atoms. The van der Waals surface area contributed by atoms with Crippen LogP contribution in [0.15, 0.2) is 75.4 Å². The third-order valence-corrected chi connectivity index (χ3v) is 5.98. The number of aromatic amines is 2. The molecule has 5 aromatic rings. The number of nitrogens with one attached hydrogen (secondary N) is 3. The van der Waals surface area contributed by atoms with Crippen LogP contribution in [0.4, 0.5) is 5.69 Å². The summed E-state index contributed by atoms with van der Waals surface area (Å²) >= 11 is 0. The van der Waals surface area contributed by atoms with Gasteiger partial charge in [-0.25, -0.2) is 4.79 Å². The Balaban J connectivity index is 1.40. The molecule has 0 unspecified atom stereocenters. The predicted octanol–water partition coefficient (Wildman–Crippen LogP) is 3.91. The van der Waals surface area contributed by atoms with Crippen LogP contribution in [0, 0.1) is 6.92 Å². The molecule has 5 rings (SSSR count). The molecule has 0 saturated heterocycles. The lowest BCUT2D eigenvalue weighted by atomic mass is 10.1. The summed E-state index contributed by atoms with van der Waals surface area (Å²) in [7, 11) is 1.56. The van der Waals surface area contributed by atoms with Gasteiger partial charge in [0.25, 0.3) is 0 Å². The zero-order valence-electron chi connectivity index (χ0n) is 21.0. The van der Waals surface area contributed by atoms with Gasteiger partial charge in [-0.2, -0.15) is 5.10 Å². The fourth-order valence-corrected chi connectivity index (χ4v) is 4.17. The SMILES string of the molecule is COc1ccc(/C=N\n2c(=O)[nH]c3c([nH]c4ccc(C)cc43)c2=O)cc1COc1ccc(NC(C)=O)cc1. The summed E-state index contributed by atoms with van der Waals surface area (Å²) in [4.78, 5) is 42.8. The van der Waals surface area contributed by atoms with Crippen molar-refractivity contribution in [2.24, 2.45) is 5.10 Å². The molecule has 10 nitrogen and oxygen atoms in total. The molecule has 10 heteroatoms. The highest BCUT2D eigenvalue weighted by atomic mass is 16.5. The number of aryl methyl sites for hydroxylation is 1. The Labute approximate surface area is 216 Å². The van der Waals surface area contributed by atoms with Crippen molar-refractivity contribution in [3.05, 3.63) is 98.2 Å².